The molecule has 16 nitrogen and oxygen atoms in total. The highest BCUT2D eigenvalue weighted by atomic mass is 16.5. The number of hydrogen-bond acceptors (Lipinski definition) is 11. The van der Waals surface area contributed by atoms with E-state index in [1.807, 2.05) is 104 Å². The van der Waals surface area contributed by atoms with Crippen LogP contribution >= 0.6 is 0 Å². The van der Waals surface area contributed by atoms with Crippen molar-refractivity contribution >= 4 is 23.8 Å². The number of amides is 2. The van der Waals surface area contributed by atoms with Gasteiger partial charge in [0.15, 0.2) is 0 Å². The molecule has 4 aromatic heterocycles. The molecule has 0 spiro atoms. The first-order valence-corrected chi connectivity index (χ1v) is 24.2. The minimum Gasteiger partial charge on any atom is -0.496 e. The molecule has 0 saturated carbocycles. The van der Waals surface area contributed by atoms with Gasteiger partial charge in [-0.05, 0) is 122 Å². The van der Waals surface area contributed by atoms with Crippen LogP contribution < -0.4 is 31.2 Å². The molecule has 4 atom stereocenters. The van der Waals surface area contributed by atoms with E-state index in [0.29, 0.717) is 35.5 Å². The van der Waals surface area contributed by atoms with Crippen LogP contribution in [0.2, 0.25) is 0 Å². The first-order valence-electron chi connectivity index (χ1n) is 24.2. The van der Waals surface area contributed by atoms with Gasteiger partial charge in [0, 0.05) is 71.6 Å². The molecule has 16 heteroatoms. The number of pyridine rings is 4. The zero-order valence-electron chi connectivity index (χ0n) is 43.6. The molecule has 2 unspecified atom stereocenters. The average molecular weight is 1010 g/mol. The maximum Gasteiger partial charge on any atom is 0.307 e. The number of rotatable bonds is 20. The second-order valence-electron chi connectivity index (χ2n) is 19.0. The summed E-state index contributed by atoms with van der Waals surface area (Å²) < 4.78 is 18.9. The topological polar surface area (TPSA) is 210 Å². The van der Waals surface area contributed by atoms with Crippen molar-refractivity contribution in [3.8, 4) is 33.8 Å². The number of carboxylic acid groups (broad SMARTS) is 1. The van der Waals surface area contributed by atoms with Gasteiger partial charge in [0.1, 0.15) is 23.6 Å². The minimum atomic E-state index is -1.06. The van der Waals surface area contributed by atoms with E-state index in [2.05, 4.69) is 20.6 Å². The van der Waals surface area contributed by atoms with Gasteiger partial charge in [-0.25, -0.2) is 0 Å². The minimum absolute atomic E-state index is 0. The fourth-order valence-corrected chi connectivity index (χ4v) is 8.68. The van der Waals surface area contributed by atoms with Gasteiger partial charge in [-0.1, -0.05) is 59.4 Å². The Morgan fingerprint density at radius 3 is 1.35 bits per heavy atom. The van der Waals surface area contributed by atoms with Crippen LogP contribution in [0.25, 0.3) is 22.3 Å². The Morgan fingerprint density at radius 1 is 0.595 bits per heavy atom. The number of esters is 1. The lowest BCUT2D eigenvalue weighted by Gasteiger charge is -2.25. The number of ether oxygens (including phenoxy) is 3. The molecule has 2 amide bonds. The highest BCUT2D eigenvalue weighted by molar-refractivity contribution is 5.83. The van der Waals surface area contributed by atoms with Crippen molar-refractivity contribution in [3.05, 3.63) is 164 Å². The quantitative estimate of drug-likeness (QED) is 0.0611. The van der Waals surface area contributed by atoms with Gasteiger partial charge < -0.3 is 39.1 Å². The monoisotopic (exact) mass is 1010 g/mol. The number of aromatic nitrogens is 4. The lowest BCUT2D eigenvalue weighted by atomic mass is 9.96. The second kappa shape index (κ2) is 27.3. The molecule has 2 aromatic carbocycles. The van der Waals surface area contributed by atoms with Gasteiger partial charge in [0.2, 0.25) is 11.8 Å². The molecule has 0 fully saturated rings. The number of aliphatic carboxylic acids is 1. The van der Waals surface area contributed by atoms with Crippen molar-refractivity contribution < 1.29 is 38.5 Å². The summed E-state index contributed by atoms with van der Waals surface area (Å²) in [4.78, 5) is 85.3. The Kier molecular flexibility index (Phi) is 21.6. The van der Waals surface area contributed by atoms with Crippen LogP contribution in [0.4, 0.5) is 0 Å². The molecule has 0 aliphatic rings. The number of carbonyl (C=O) groups is 4. The predicted octanol–water partition coefficient (Wildman–Crippen LogP) is 9.63. The molecule has 394 valence electrons. The first kappa shape index (κ1) is 58.7. The van der Waals surface area contributed by atoms with Crippen LogP contribution in [-0.4, -0.2) is 69.3 Å². The lowest BCUT2D eigenvalue weighted by molar-refractivity contribution is -0.142. The molecule has 0 radical (unpaired) electrons. The van der Waals surface area contributed by atoms with Crippen LogP contribution in [-0.2, 0) is 23.9 Å². The number of nitrogens with one attached hydrogen (secondary N) is 2. The summed E-state index contributed by atoms with van der Waals surface area (Å²) in [5.74, 6) is -0.657. The SMILES string of the molecule is C.COC(=O)C[C@H](NC(=O)C(CC(C)C)n1ccc(C)cc1=O)c1cncc(-c2c(C)cccc2OC)c1.COc1cccc(C)c1-c1cncc([C@H](CC(=O)O)NC(=O)C(CC(C)C)n2ccc(C)cc2=O)c1. The fourth-order valence-electron chi connectivity index (χ4n) is 8.68. The first-order chi connectivity index (χ1) is 34.7. The Bertz CT molecular complexity index is 3020. The number of aryl methyl sites for hydroxylation is 4. The number of carboxylic acids is 1. The van der Waals surface area contributed by atoms with Crippen LogP contribution in [0, 0.1) is 39.5 Å². The molecule has 0 aliphatic heterocycles. The fraction of sp³-hybridized carbons (Fsp3) is 0.379. The van der Waals surface area contributed by atoms with Gasteiger partial charge in [0.25, 0.3) is 11.1 Å². The van der Waals surface area contributed by atoms with Gasteiger partial charge in [-0.2, -0.15) is 0 Å². The summed E-state index contributed by atoms with van der Waals surface area (Å²) >= 11 is 0. The molecular weight excluding hydrogens is 941 g/mol. The van der Waals surface area contributed by atoms with Crippen molar-refractivity contribution in [1.29, 1.82) is 0 Å². The standard InChI is InChI=1S/C29H35N3O5.C28H33N3O5.CH4/c1-18(2)12-24(32-11-10-19(3)13-26(32)33)29(35)31-23(15-27(34)37-6)21-14-22(17-30-16-21)28-20(4)8-7-9-25(28)36-5;1-17(2)11-23(31-10-9-18(3)12-25(31)32)28(35)30-22(14-26(33)34)20-13-21(16-29-15-20)27-19(4)7-6-8-24(27)36-5;/h7-11,13-14,16-18,23-24H,12,15H2,1-6H3,(H,31,35);6-10,12-13,15-17,22-23H,11,14H2,1-5H3,(H,30,35)(H,33,34);1H4/t23-,24?;22-,23?;/m00./s1. The molecule has 0 bridgehead atoms. The number of benzene rings is 2. The Morgan fingerprint density at radius 2 is 1.00 bits per heavy atom. The Hall–Kier alpha value is -7.88. The molecule has 0 saturated heterocycles. The van der Waals surface area contributed by atoms with E-state index in [9.17, 15) is 33.9 Å². The highest BCUT2D eigenvalue weighted by Crippen LogP contribution is 2.36. The van der Waals surface area contributed by atoms with Crippen LogP contribution in [0.5, 0.6) is 11.5 Å². The molecule has 4 heterocycles. The summed E-state index contributed by atoms with van der Waals surface area (Å²) in [5, 5.41) is 15.5. The van der Waals surface area contributed by atoms with Crippen molar-refractivity contribution in [1.82, 2.24) is 29.7 Å². The van der Waals surface area contributed by atoms with Gasteiger partial charge in [0.05, 0.1) is 46.3 Å². The van der Waals surface area contributed by atoms with E-state index < -0.39 is 42.0 Å². The van der Waals surface area contributed by atoms with Crippen molar-refractivity contribution in [3.63, 3.8) is 0 Å². The van der Waals surface area contributed by atoms with Crippen molar-refractivity contribution in [2.75, 3.05) is 21.3 Å². The molecule has 0 aliphatic carbocycles. The number of methoxy groups -OCH3 is 3. The highest BCUT2D eigenvalue weighted by Gasteiger charge is 2.29. The van der Waals surface area contributed by atoms with Crippen LogP contribution in [0.15, 0.2) is 120 Å². The predicted molar refractivity (Wildman–Crippen MR) is 287 cm³/mol. The summed E-state index contributed by atoms with van der Waals surface area (Å²) in [7, 11) is 4.50. The number of hydrogen-bond donors (Lipinski definition) is 3. The normalized spacial score (nSPS) is 12.5. The zero-order chi connectivity index (χ0) is 53.5. The van der Waals surface area contributed by atoms with E-state index in [1.165, 1.54) is 28.4 Å². The Balaban J connectivity index is 0.000000316. The lowest BCUT2D eigenvalue weighted by Crippen LogP contribution is -2.40. The summed E-state index contributed by atoms with van der Waals surface area (Å²) in [6.07, 6.45) is 10.3. The summed E-state index contributed by atoms with van der Waals surface area (Å²) in [5.41, 5.74) is 7.54. The summed E-state index contributed by atoms with van der Waals surface area (Å²) in [6, 6.07) is 18.7. The zero-order valence-corrected chi connectivity index (χ0v) is 43.6. The van der Waals surface area contributed by atoms with Crippen molar-refractivity contribution in [2.45, 2.75) is 113 Å². The van der Waals surface area contributed by atoms with E-state index in [1.54, 1.807) is 63.5 Å². The van der Waals surface area contributed by atoms with E-state index in [4.69, 9.17) is 14.2 Å². The second-order valence-corrected chi connectivity index (χ2v) is 19.0. The maximum absolute atomic E-state index is 13.6. The third kappa shape index (κ3) is 15.6. The van der Waals surface area contributed by atoms with Crippen LogP contribution in [0.1, 0.15) is 118 Å². The third-order valence-electron chi connectivity index (χ3n) is 12.3. The Labute approximate surface area is 434 Å². The molecule has 6 rings (SSSR count). The van der Waals surface area contributed by atoms with Crippen LogP contribution in [0.3, 0.4) is 0 Å². The van der Waals surface area contributed by atoms with E-state index in [-0.39, 0.29) is 49.1 Å². The van der Waals surface area contributed by atoms with E-state index in [0.717, 1.165) is 44.5 Å². The molecule has 3 N–H and O–H groups in total. The van der Waals surface area contributed by atoms with Crippen molar-refractivity contribution in [2.24, 2.45) is 11.8 Å². The smallest absolute Gasteiger partial charge is 0.307 e. The van der Waals surface area contributed by atoms with E-state index >= 15 is 0 Å². The average Bonchev–Trinajstić information content (AvgIpc) is 3.34. The molecular formula is C58H72N6O10. The summed E-state index contributed by atoms with van der Waals surface area (Å²) in [6.45, 7) is 15.5. The van der Waals surface area contributed by atoms with Gasteiger partial charge in [-0.3, -0.25) is 38.7 Å². The number of carbonyl (C=O) groups excluding carboxylic acids is 3. The maximum atomic E-state index is 13.6. The third-order valence-corrected chi connectivity index (χ3v) is 12.3. The molecule has 6 aromatic rings. The van der Waals surface area contributed by atoms with Gasteiger partial charge in [-0.15, -0.1) is 0 Å². The largest absolute Gasteiger partial charge is 0.496 e. The number of nitrogens with zero attached hydrogens (tertiary/aromatic N) is 4. The molecule has 74 heavy (non-hydrogen) atoms. The van der Waals surface area contributed by atoms with Gasteiger partial charge >= 0.3 is 11.9 Å².